The van der Waals surface area contributed by atoms with Gasteiger partial charge in [0, 0.05) is 12.6 Å². The first-order valence-electron chi connectivity index (χ1n) is 12.8. The zero-order chi connectivity index (χ0) is 26.6. The lowest BCUT2D eigenvalue weighted by Gasteiger charge is -2.36. The molecule has 1 heterocycles. The van der Waals surface area contributed by atoms with Gasteiger partial charge in [-0.2, -0.15) is 5.26 Å². The number of amides is 1. The van der Waals surface area contributed by atoms with E-state index in [1.165, 1.54) is 0 Å². The topological polar surface area (TPSA) is 128 Å². The van der Waals surface area contributed by atoms with Gasteiger partial charge in [-0.1, -0.05) is 18.2 Å². The van der Waals surface area contributed by atoms with Crippen LogP contribution in [0.25, 0.3) is 0 Å². The molecule has 2 fully saturated rings. The van der Waals surface area contributed by atoms with E-state index >= 15 is 0 Å². The summed E-state index contributed by atoms with van der Waals surface area (Å²) in [4.78, 5) is 26.8. The standard InChI is InChI=1S/C28H33N3O5S/c1-2-31(23-11-13-37(35,36)14-12-23)26-10-9-22(24(17-28(33)34)21-7-8-21)16-25(26)30-27(32)15-19-3-5-20(18-29)6-4-19/h3-6,9-10,16,21,23-24H,2,7-8,11-15,17H2,1H3,(H,30,32)(H,33,34). The predicted octanol–water partition coefficient (Wildman–Crippen LogP) is 4.11. The molecule has 2 aromatic carbocycles. The highest BCUT2D eigenvalue weighted by molar-refractivity contribution is 7.91. The molecule has 0 spiro atoms. The second-order valence-corrected chi connectivity index (χ2v) is 12.3. The van der Waals surface area contributed by atoms with Crippen molar-refractivity contribution in [3.8, 4) is 6.07 Å². The smallest absolute Gasteiger partial charge is 0.303 e. The summed E-state index contributed by atoms with van der Waals surface area (Å²) in [7, 11) is -3.01. The molecule has 8 nitrogen and oxygen atoms in total. The number of hydrogen-bond donors (Lipinski definition) is 2. The van der Waals surface area contributed by atoms with E-state index in [2.05, 4.69) is 16.3 Å². The van der Waals surface area contributed by atoms with Crippen LogP contribution in [-0.4, -0.2) is 49.5 Å². The van der Waals surface area contributed by atoms with Crippen LogP contribution >= 0.6 is 0 Å². The van der Waals surface area contributed by atoms with Crippen molar-refractivity contribution in [3.05, 3.63) is 59.2 Å². The molecule has 1 saturated carbocycles. The highest BCUT2D eigenvalue weighted by Gasteiger charge is 2.35. The van der Waals surface area contributed by atoms with Crippen LogP contribution < -0.4 is 10.2 Å². The monoisotopic (exact) mass is 523 g/mol. The summed E-state index contributed by atoms with van der Waals surface area (Å²) in [5, 5.41) is 21.6. The molecule has 0 aromatic heterocycles. The van der Waals surface area contributed by atoms with Gasteiger partial charge in [0.1, 0.15) is 9.84 Å². The molecule has 0 bridgehead atoms. The molecule has 1 amide bonds. The van der Waals surface area contributed by atoms with Crippen molar-refractivity contribution < 1.29 is 23.1 Å². The van der Waals surface area contributed by atoms with E-state index < -0.39 is 15.8 Å². The van der Waals surface area contributed by atoms with Gasteiger partial charge in [-0.3, -0.25) is 9.59 Å². The number of aliphatic carboxylic acids is 1. The molecule has 1 saturated heterocycles. The van der Waals surface area contributed by atoms with Crippen LogP contribution in [0.3, 0.4) is 0 Å². The SMILES string of the molecule is CCN(c1ccc(C(CC(=O)O)C2CC2)cc1NC(=O)Cc1ccc(C#N)cc1)C1CCS(=O)(=O)CC1. The number of nitrogens with one attached hydrogen (secondary N) is 1. The molecule has 196 valence electrons. The van der Waals surface area contributed by atoms with E-state index in [-0.39, 0.29) is 42.2 Å². The molecule has 4 rings (SSSR count). The summed E-state index contributed by atoms with van der Waals surface area (Å²) in [6.45, 7) is 2.65. The molecule has 37 heavy (non-hydrogen) atoms. The lowest BCUT2D eigenvalue weighted by atomic mass is 9.90. The molecule has 1 unspecified atom stereocenters. The van der Waals surface area contributed by atoms with Crippen LogP contribution in [0, 0.1) is 17.2 Å². The number of nitrogens with zero attached hydrogens (tertiary/aromatic N) is 2. The maximum Gasteiger partial charge on any atom is 0.303 e. The van der Waals surface area contributed by atoms with E-state index in [0.717, 1.165) is 29.7 Å². The number of carboxylic acid groups (broad SMARTS) is 1. The van der Waals surface area contributed by atoms with Crippen molar-refractivity contribution >= 4 is 33.1 Å². The van der Waals surface area contributed by atoms with Crippen LogP contribution in [-0.2, 0) is 25.8 Å². The molecular weight excluding hydrogens is 490 g/mol. The van der Waals surface area contributed by atoms with E-state index in [4.69, 9.17) is 5.26 Å². The summed E-state index contributed by atoms with van der Waals surface area (Å²) in [6.07, 6.45) is 3.22. The highest BCUT2D eigenvalue weighted by Crippen LogP contribution is 2.46. The van der Waals surface area contributed by atoms with Gasteiger partial charge in [0.15, 0.2) is 0 Å². The normalized spacial score (nSPS) is 17.9. The second-order valence-electron chi connectivity index (χ2n) is 10.0. The minimum absolute atomic E-state index is 0.0341. The molecule has 2 aliphatic rings. The molecule has 2 aromatic rings. The highest BCUT2D eigenvalue weighted by atomic mass is 32.2. The molecule has 9 heteroatoms. The third-order valence-electron chi connectivity index (χ3n) is 7.37. The number of rotatable bonds is 10. The zero-order valence-corrected chi connectivity index (χ0v) is 21.8. The Morgan fingerprint density at radius 3 is 2.35 bits per heavy atom. The summed E-state index contributed by atoms with van der Waals surface area (Å²) in [6, 6.07) is 14.8. The van der Waals surface area contributed by atoms with Gasteiger partial charge in [0.25, 0.3) is 0 Å². The van der Waals surface area contributed by atoms with Crippen molar-refractivity contribution in [1.82, 2.24) is 0 Å². The van der Waals surface area contributed by atoms with Gasteiger partial charge in [-0.25, -0.2) is 8.42 Å². The maximum atomic E-state index is 13.1. The Morgan fingerprint density at radius 1 is 1.11 bits per heavy atom. The Bertz CT molecular complexity index is 1280. The van der Waals surface area contributed by atoms with Crippen LogP contribution in [0.4, 0.5) is 11.4 Å². The summed E-state index contributed by atoms with van der Waals surface area (Å²) in [5.41, 5.74) is 3.62. The van der Waals surface area contributed by atoms with E-state index in [9.17, 15) is 23.1 Å². The number of anilines is 2. The number of carboxylic acids is 1. The molecule has 1 atom stereocenters. The van der Waals surface area contributed by atoms with Crippen molar-refractivity contribution in [2.45, 2.75) is 57.4 Å². The first kappa shape index (κ1) is 26.7. The van der Waals surface area contributed by atoms with E-state index in [1.54, 1.807) is 24.3 Å². The zero-order valence-electron chi connectivity index (χ0n) is 21.0. The van der Waals surface area contributed by atoms with Crippen LogP contribution in [0.15, 0.2) is 42.5 Å². The van der Waals surface area contributed by atoms with Crippen molar-refractivity contribution in [2.75, 3.05) is 28.3 Å². The van der Waals surface area contributed by atoms with E-state index in [1.807, 2.05) is 25.1 Å². The average molecular weight is 524 g/mol. The average Bonchev–Trinajstić information content (AvgIpc) is 3.70. The van der Waals surface area contributed by atoms with Gasteiger partial charge in [0.05, 0.1) is 47.4 Å². The minimum Gasteiger partial charge on any atom is -0.481 e. The lowest BCUT2D eigenvalue weighted by Crippen LogP contribution is -2.41. The Hall–Kier alpha value is -3.38. The quantitative estimate of drug-likeness (QED) is 0.480. The first-order valence-corrected chi connectivity index (χ1v) is 14.6. The Labute approximate surface area is 218 Å². The lowest BCUT2D eigenvalue weighted by molar-refractivity contribution is -0.137. The van der Waals surface area contributed by atoms with Crippen molar-refractivity contribution in [1.29, 1.82) is 5.26 Å². The van der Waals surface area contributed by atoms with Gasteiger partial charge >= 0.3 is 5.97 Å². The van der Waals surface area contributed by atoms with Crippen LogP contribution in [0.1, 0.15) is 61.6 Å². The minimum atomic E-state index is -3.01. The summed E-state index contributed by atoms with van der Waals surface area (Å²) in [5.74, 6) is -0.549. The van der Waals surface area contributed by atoms with Crippen LogP contribution in [0.2, 0.25) is 0 Å². The predicted molar refractivity (Wildman–Crippen MR) is 142 cm³/mol. The third kappa shape index (κ3) is 6.89. The second kappa shape index (κ2) is 11.3. The number of sulfone groups is 1. The fourth-order valence-electron chi connectivity index (χ4n) is 5.27. The first-order chi connectivity index (χ1) is 17.7. The number of carbonyl (C=O) groups excluding carboxylic acids is 1. The molecule has 1 aliphatic carbocycles. The van der Waals surface area contributed by atoms with Crippen molar-refractivity contribution in [3.63, 3.8) is 0 Å². The summed E-state index contributed by atoms with van der Waals surface area (Å²) < 4.78 is 24.0. The Morgan fingerprint density at radius 2 is 1.78 bits per heavy atom. The number of carbonyl (C=O) groups is 2. The Balaban J connectivity index is 1.63. The third-order valence-corrected chi connectivity index (χ3v) is 9.09. The number of benzene rings is 2. The molecule has 2 N–H and O–H groups in total. The van der Waals surface area contributed by atoms with Gasteiger partial charge in [-0.15, -0.1) is 0 Å². The van der Waals surface area contributed by atoms with Crippen LogP contribution in [0.5, 0.6) is 0 Å². The molecular formula is C28H33N3O5S. The maximum absolute atomic E-state index is 13.1. The molecule has 0 radical (unpaired) electrons. The van der Waals surface area contributed by atoms with Gasteiger partial charge in [-0.05, 0) is 79.8 Å². The molecule has 1 aliphatic heterocycles. The largest absolute Gasteiger partial charge is 0.481 e. The fraction of sp³-hybridized carbons (Fsp3) is 0.464. The van der Waals surface area contributed by atoms with Gasteiger partial charge < -0.3 is 15.3 Å². The fourth-order valence-corrected chi connectivity index (χ4v) is 6.74. The van der Waals surface area contributed by atoms with Crippen molar-refractivity contribution in [2.24, 2.45) is 5.92 Å². The van der Waals surface area contributed by atoms with Gasteiger partial charge in [0.2, 0.25) is 5.91 Å². The van der Waals surface area contributed by atoms with E-state index in [0.29, 0.717) is 36.6 Å². The number of hydrogen-bond acceptors (Lipinski definition) is 6. The Kier molecular flexibility index (Phi) is 8.18. The summed E-state index contributed by atoms with van der Waals surface area (Å²) >= 11 is 0. The number of nitriles is 1.